The standard InChI is InChI=1S/C11H17N3O2/c1-7-3-4-10(9(14-7)5-6-12)16-8(2)11(13)15/h3-4,8H,5-6,12H2,1-2H3,(H2,13,15). The summed E-state index contributed by atoms with van der Waals surface area (Å²) in [5.41, 5.74) is 12.3. The molecule has 0 aliphatic carbocycles. The van der Waals surface area contributed by atoms with Crippen LogP contribution in [0.5, 0.6) is 5.75 Å². The molecule has 0 aliphatic heterocycles. The van der Waals surface area contributed by atoms with Gasteiger partial charge in [0.15, 0.2) is 6.10 Å². The van der Waals surface area contributed by atoms with Crippen LogP contribution >= 0.6 is 0 Å². The topological polar surface area (TPSA) is 91.2 Å². The minimum Gasteiger partial charge on any atom is -0.479 e. The van der Waals surface area contributed by atoms with Gasteiger partial charge in [0.05, 0.1) is 5.69 Å². The molecule has 1 unspecified atom stereocenters. The Hall–Kier alpha value is -1.62. The smallest absolute Gasteiger partial charge is 0.258 e. The average molecular weight is 223 g/mol. The van der Waals surface area contributed by atoms with Gasteiger partial charge in [0.2, 0.25) is 0 Å². The predicted molar refractivity (Wildman–Crippen MR) is 61.0 cm³/mol. The molecule has 1 heterocycles. The Morgan fingerprint density at radius 3 is 2.81 bits per heavy atom. The summed E-state index contributed by atoms with van der Waals surface area (Å²) in [7, 11) is 0. The third kappa shape index (κ3) is 3.20. The van der Waals surface area contributed by atoms with E-state index in [1.807, 2.05) is 13.0 Å². The highest BCUT2D eigenvalue weighted by atomic mass is 16.5. The van der Waals surface area contributed by atoms with Gasteiger partial charge in [-0.15, -0.1) is 0 Å². The molecule has 0 aliphatic rings. The molecule has 16 heavy (non-hydrogen) atoms. The molecule has 1 amide bonds. The number of primary amides is 1. The lowest BCUT2D eigenvalue weighted by Gasteiger charge is -2.14. The third-order valence-corrected chi connectivity index (χ3v) is 2.16. The van der Waals surface area contributed by atoms with Crippen LogP contribution in [0.1, 0.15) is 18.3 Å². The van der Waals surface area contributed by atoms with Gasteiger partial charge >= 0.3 is 0 Å². The van der Waals surface area contributed by atoms with Crippen LogP contribution in [0.2, 0.25) is 0 Å². The van der Waals surface area contributed by atoms with Crippen molar-refractivity contribution >= 4 is 5.91 Å². The van der Waals surface area contributed by atoms with E-state index in [1.165, 1.54) is 0 Å². The van der Waals surface area contributed by atoms with Gasteiger partial charge in [0, 0.05) is 12.1 Å². The monoisotopic (exact) mass is 223 g/mol. The van der Waals surface area contributed by atoms with Crippen LogP contribution in [-0.2, 0) is 11.2 Å². The van der Waals surface area contributed by atoms with Crippen LogP contribution in [0.3, 0.4) is 0 Å². The number of hydrogen-bond donors (Lipinski definition) is 2. The summed E-state index contributed by atoms with van der Waals surface area (Å²) < 4.78 is 5.42. The van der Waals surface area contributed by atoms with Crippen molar-refractivity contribution in [3.8, 4) is 5.75 Å². The first-order valence-corrected chi connectivity index (χ1v) is 5.17. The van der Waals surface area contributed by atoms with Gasteiger partial charge in [0.25, 0.3) is 5.91 Å². The van der Waals surface area contributed by atoms with Crippen molar-refractivity contribution in [2.24, 2.45) is 11.5 Å². The number of rotatable bonds is 5. The molecule has 4 N–H and O–H groups in total. The fraction of sp³-hybridized carbons (Fsp3) is 0.455. The van der Waals surface area contributed by atoms with Gasteiger partial charge in [-0.1, -0.05) is 0 Å². The van der Waals surface area contributed by atoms with Crippen molar-refractivity contribution in [1.82, 2.24) is 4.98 Å². The molecule has 1 aromatic heterocycles. The Balaban J connectivity index is 2.89. The van der Waals surface area contributed by atoms with Crippen LogP contribution in [-0.4, -0.2) is 23.5 Å². The first kappa shape index (κ1) is 12.4. The molecular formula is C11H17N3O2. The second-order valence-electron chi connectivity index (χ2n) is 3.60. The quantitative estimate of drug-likeness (QED) is 0.743. The summed E-state index contributed by atoms with van der Waals surface area (Å²) in [4.78, 5) is 15.2. The summed E-state index contributed by atoms with van der Waals surface area (Å²) in [5, 5.41) is 0. The second kappa shape index (κ2) is 5.46. The molecule has 0 fully saturated rings. The fourth-order valence-electron chi connectivity index (χ4n) is 1.27. The van der Waals surface area contributed by atoms with Crippen LogP contribution in [0.4, 0.5) is 0 Å². The number of amides is 1. The fourth-order valence-corrected chi connectivity index (χ4v) is 1.27. The van der Waals surface area contributed by atoms with Gasteiger partial charge in [-0.05, 0) is 32.5 Å². The van der Waals surface area contributed by atoms with Crippen LogP contribution < -0.4 is 16.2 Å². The molecule has 1 aromatic rings. The molecule has 0 bridgehead atoms. The van der Waals surface area contributed by atoms with Gasteiger partial charge < -0.3 is 16.2 Å². The number of carbonyl (C=O) groups excluding carboxylic acids is 1. The zero-order valence-electron chi connectivity index (χ0n) is 9.56. The molecule has 0 saturated heterocycles. The van der Waals surface area contributed by atoms with E-state index >= 15 is 0 Å². The summed E-state index contributed by atoms with van der Waals surface area (Å²) in [6, 6.07) is 3.61. The Morgan fingerprint density at radius 1 is 1.56 bits per heavy atom. The van der Waals surface area contributed by atoms with Crippen molar-refractivity contribution < 1.29 is 9.53 Å². The molecule has 5 nitrogen and oxygen atoms in total. The maximum absolute atomic E-state index is 10.9. The molecule has 1 rings (SSSR count). The van der Waals surface area contributed by atoms with Crippen LogP contribution in [0.15, 0.2) is 12.1 Å². The van der Waals surface area contributed by atoms with Crippen molar-refractivity contribution in [2.75, 3.05) is 6.54 Å². The van der Waals surface area contributed by atoms with E-state index in [1.54, 1.807) is 13.0 Å². The number of hydrogen-bond acceptors (Lipinski definition) is 4. The largest absolute Gasteiger partial charge is 0.479 e. The van der Waals surface area contributed by atoms with Crippen molar-refractivity contribution in [1.29, 1.82) is 0 Å². The highest BCUT2D eigenvalue weighted by Crippen LogP contribution is 2.18. The third-order valence-electron chi connectivity index (χ3n) is 2.16. The number of carbonyl (C=O) groups is 1. The number of nitrogens with zero attached hydrogens (tertiary/aromatic N) is 1. The average Bonchev–Trinajstić information content (AvgIpc) is 2.22. The molecule has 0 saturated carbocycles. The summed E-state index contributed by atoms with van der Waals surface area (Å²) in [6.07, 6.45) is -0.0521. The highest BCUT2D eigenvalue weighted by Gasteiger charge is 2.13. The normalized spacial score (nSPS) is 12.2. The van der Waals surface area contributed by atoms with Crippen molar-refractivity contribution in [3.63, 3.8) is 0 Å². The van der Waals surface area contributed by atoms with Crippen molar-refractivity contribution in [2.45, 2.75) is 26.4 Å². The summed E-state index contributed by atoms with van der Waals surface area (Å²) in [6.45, 7) is 3.98. The summed E-state index contributed by atoms with van der Waals surface area (Å²) >= 11 is 0. The molecular weight excluding hydrogens is 206 g/mol. The van der Waals surface area contributed by atoms with Gasteiger partial charge in [-0.2, -0.15) is 0 Å². The highest BCUT2D eigenvalue weighted by molar-refractivity contribution is 5.78. The van der Waals surface area contributed by atoms with Crippen LogP contribution in [0.25, 0.3) is 0 Å². The summed E-state index contributed by atoms with van der Waals surface area (Å²) in [5.74, 6) is 0.0709. The van der Waals surface area contributed by atoms with Crippen LogP contribution in [0, 0.1) is 6.92 Å². The lowest BCUT2D eigenvalue weighted by molar-refractivity contribution is -0.124. The number of aryl methyl sites for hydroxylation is 1. The first-order chi connectivity index (χ1) is 7.54. The molecule has 0 aromatic carbocycles. The Morgan fingerprint density at radius 2 is 2.25 bits per heavy atom. The van der Waals surface area contributed by atoms with E-state index in [0.29, 0.717) is 18.7 Å². The number of aromatic nitrogens is 1. The maximum atomic E-state index is 10.9. The minimum absolute atomic E-state index is 0.484. The van der Waals surface area contributed by atoms with E-state index in [9.17, 15) is 4.79 Å². The Labute approximate surface area is 94.8 Å². The maximum Gasteiger partial charge on any atom is 0.258 e. The lowest BCUT2D eigenvalue weighted by Crippen LogP contribution is -2.31. The molecule has 1 atom stereocenters. The van der Waals surface area contributed by atoms with Gasteiger partial charge in [-0.3, -0.25) is 9.78 Å². The minimum atomic E-state index is -0.666. The molecule has 0 spiro atoms. The zero-order chi connectivity index (χ0) is 12.1. The predicted octanol–water partition coefficient (Wildman–Crippen LogP) is 0.144. The zero-order valence-corrected chi connectivity index (χ0v) is 9.56. The SMILES string of the molecule is Cc1ccc(OC(C)C(N)=O)c(CCN)n1. The van der Waals surface area contributed by atoms with Crippen molar-refractivity contribution in [3.05, 3.63) is 23.5 Å². The van der Waals surface area contributed by atoms with Gasteiger partial charge in [0.1, 0.15) is 5.75 Å². The molecule has 0 radical (unpaired) electrons. The molecule has 5 heteroatoms. The van der Waals surface area contributed by atoms with E-state index < -0.39 is 12.0 Å². The first-order valence-electron chi connectivity index (χ1n) is 5.17. The van der Waals surface area contributed by atoms with Gasteiger partial charge in [-0.25, -0.2) is 0 Å². The number of nitrogens with two attached hydrogens (primary N) is 2. The lowest BCUT2D eigenvalue weighted by atomic mass is 10.2. The number of pyridine rings is 1. The van der Waals surface area contributed by atoms with E-state index in [2.05, 4.69) is 4.98 Å². The second-order valence-corrected chi connectivity index (χ2v) is 3.60. The van der Waals surface area contributed by atoms with E-state index in [4.69, 9.17) is 16.2 Å². The number of ether oxygens (including phenoxy) is 1. The Bertz CT molecular complexity index is 379. The molecule has 88 valence electrons. The Kier molecular flexibility index (Phi) is 4.25. The van der Waals surface area contributed by atoms with E-state index in [-0.39, 0.29) is 0 Å². The van der Waals surface area contributed by atoms with E-state index in [0.717, 1.165) is 11.4 Å².